The molecule has 14 rings (SSSR count). The summed E-state index contributed by atoms with van der Waals surface area (Å²) in [5.74, 6) is 0. The fourth-order valence-corrected chi connectivity index (χ4v) is 11.7. The molecule has 0 radical (unpaired) electrons. The van der Waals surface area contributed by atoms with Crippen molar-refractivity contribution in [3.63, 3.8) is 0 Å². The third kappa shape index (κ3) is 6.15. The van der Waals surface area contributed by atoms with Crippen LogP contribution in [0, 0.1) is 0 Å². The van der Waals surface area contributed by atoms with E-state index in [1.165, 1.54) is 110 Å². The van der Waals surface area contributed by atoms with Crippen molar-refractivity contribution in [3.05, 3.63) is 260 Å². The van der Waals surface area contributed by atoms with E-state index in [0.717, 1.165) is 17.1 Å². The number of rotatable bonds is 7. The first-order valence-corrected chi connectivity index (χ1v) is 24.3. The molecule has 1 aliphatic carbocycles. The Labute approximate surface area is 407 Å². The first-order valence-electron chi connectivity index (χ1n) is 24.3. The van der Waals surface area contributed by atoms with Crippen molar-refractivity contribution in [1.82, 2.24) is 9.13 Å². The van der Waals surface area contributed by atoms with E-state index >= 15 is 0 Å². The minimum absolute atomic E-state index is 0.245. The lowest BCUT2D eigenvalue weighted by atomic mass is 9.82. The van der Waals surface area contributed by atoms with E-state index in [1.807, 2.05) is 0 Å². The normalized spacial score (nSPS) is 12.8. The number of fused-ring (bicyclic) bond motifs is 10. The van der Waals surface area contributed by atoms with Crippen molar-refractivity contribution < 1.29 is 0 Å². The molecule has 0 saturated heterocycles. The maximum absolute atomic E-state index is 2.44. The number of para-hydroxylation sites is 4. The molecule has 2 heterocycles. The van der Waals surface area contributed by atoms with Crippen LogP contribution in [-0.2, 0) is 5.41 Å². The lowest BCUT2D eigenvalue weighted by Crippen LogP contribution is -2.17. The molecule has 0 aliphatic heterocycles. The summed E-state index contributed by atoms with van der Waals surface area (Å²) in [6, 6.07) is 91.6. The Bertz CT molecular complexity index is 4130. The SMILES string of the molecule is CC1(C)c2cc(N(c3ccc(-c4ccc5c(c4)c4ccccc4n5-c4ccccc4)cc3)c3ccc(-c4cccc5ccccc45)cc3)ccc2-c2ccc(-n3c4ccccc4c4ccccc43)cc21. The maximum atomic E-state index is 2.44. The smallest absolute Gasteiger partial charge is 0.0541 e. The van der Waals surface area contributed by atoms with E-state index < -0.39 is 0 Å². The molecular formula is C67H47N3. The molecule has 0 atom stereocenters. The van der Waals surface area contributed by atoms with E-state index in [4.69, 9.17) is 0 Å². The van der Waals surface area contributed by atoms with Gasteiger partial charge in [0.2, 0.25) is 0 Å². The van der Waals surface area contributed by atoms with E-state index in [0.29, 0.717) is 0 Å². The highest BCUT2D eigenvalue weighted by Gasteiger charge is 2.36. The van der Waals surface area contributed by atoms with Crippen LogP contribution in [0.4, 0.5) is 17.1 Å². The molecule has 3 heteroatoms. The molecule has 330 valence electrons. The van der Waals surface area contributed by atoms with Crippen molar-refractivity contribution in [1.29, 1.82) is 0 Å². The number of anilines is 3. The monoisotopic (exact) mass is 893 g/mol. The largest absolute Gasteiger partial charge is 0.310 e. The van der Waals surface area contributed by atoms with Crippen LogP contribution in [0.3, 0.4) is 0 Å². The molecular weight excluding hydrogens is 847 g/mol. The Morgan fingerprint density at radius 1 is 0.300 bits per heavy atom. The van der Waals surface area contributed by atoms with Crippen LogP contribution in [0.5, 0.6) is 0 Å². The predicted molar refractivity (Wildman–Crippen MR) is 296 cm³/mol. The highest BCUT2D eigenvalue weighted by Crippen LogP contribution is 2.52. The molecule has 0 N–H and O–H groups in total. The third-order valence-electron chi connectivity index (χ3n) is 15.1. The van der Waals surface area contributed by atoms with Gasteiger partial charge in [-0.25, -0.2) is 0 Å². The summed E-state index contributed by atoms with van der Waals surface area (Å²) in [4.78, 5) is 2.43. The molecule has 0 bridgehead atoms. The Morgan fingerprint density at radius 2 is 0.786 bits per heavy atom. The van der Waals surface area contributed by atoms with Gasteiger partial charge in [-0.05, 0) is 146 Å². The standard InChI is InChI=1S/C67H47N3/c1-67(2)61-42-51(36-38-55(61)56-39-37-52(43-62(56)67)70-63-24-11-8-20-57(63)58-21-9-12-25-64(58)70)68(50-34-29-46(30-35-50)54-23-14-16-45-15-6-7-19-53(45)54)49-32-27-44(28-33-49)47-31-40-66-60(41-47)59-22-10-13-26-65(59)69(66)48-17-4-3-5-18-48/h3-43H,1-2H3. The summed E-state index contributed by atoms with van der Waals surface area (Å²) in [7, 11) is 0. The average Bonchev–Trinajstić information content (AvgIpc) is 4.01. The Kier molecular flexibility index (Phi) is 8.93. The Hall–Kier alpha value is -8.92. The summed E-state index contributed by atoms with van der Waals surface area (Å²) in [6.45, 7) is 4.78. The second-order valence-corrected chi connectivity index (χ2v) is 19.3. The first-order chi connectivity index (χ1) is 34.5. The van der Waals surface area contributed by atoms with Crippen LogP contribution in [0.2, 0.25) is 0 Å². The zero-order valence-electron chi connectivity index (χ0n) is 39.0. The zero-order valence-corrected chi connectivity index (χ0v) is 39.0. The first kappa shape index (κ1) is 40.2. The molecule has 1 aliphatic rings. The Morgan fingerprint density at radius 3 is 1.46 bits per heavy atom. The van der Waals surface area contributed by atoms with Gasteiger partial charge in [-0.3, -0.25) is 0 Å². The van der Waals surface area contributed by atoms with Gasteiger partial charge in [0, 0.05) is 55.4 Å². The van der Waals surface area contributed by atoms with Crippen molar-refractivity contribution in [2.24, 2.45) is 0 Å². The second-order valence-electron chi connectivity index (χ2n) is 19.3. The molecule has 70 heavy (non-hydrogen) atoms. The average molecular weight is 894 g/mol. The quantitative estimate of drug-likeness (QED) is 0.155. The molecule has 13 aromatic rings. The summed E-state index contributed by atoms with van der Waals surface area (Å²) < 4.78 is 4.81. The highest BCUT2D eigenvalue weighted by molar-refractivity contribution is 6.11. The third-order valence-corrected chi connectivity index (χ3v) is 15.1. The summed E-state index contributed by atoms with van der Waals surface area (Å²) in [5.41, 5.74) is 20.4. The van der Waals surface area contributed by atoms with E-state index in [-0.39, 0.29) is 5.41 Å². The maximum Gasteiger partial charge on any atom is 0.0541 e. The van der Waals surface area contributed by atoms with E-state index in [1.54, 1.807) is 0 Å². The van der Waals surface area contributed by atoms with Crippen LogP contribution in [0.25, 0.3) is 99.1 Å². The molecule has 0 unspecified atom stereocenters. The van der Waals surface area contributed by atoms with Crippen LogP contribution in [0.15, 0.2) is 249 Å². The van der Waals surface area contributed by atoms with Crippen LogP contribution in [-0.4, -0.2) is 9.13 Å². The number of nitrogens with zero attached hydrogens (tertiary/aromatic N) is 3. The van der Waals surface area contributed by atoms with E-state index in [2.05, 4.69) is 277 Å². The molecule has 0 amide bonds. The summed E-state index contributed by atoms with van der Waals surface area (Å²) in [5, 5.41) is 7.56. The zero-order chi connectivity index (χ0) is 46.5. The second kappa shape index (κ2) is 15.6. The van der Waals surface area contributed by atoms with Crippen molar-refractivity contribution in [2.75, 3.05) is 4.90 Å². The van der Waals surface area contributed by atoms with Crippen LogP contribution < -0.4 is 4.90 Å². The minimum atomic E-state index is -0.245. The van der Waals surface area contributed by atoms with Gasteiger partial charge < -0.3 is 14.0 Å². The minimum Gasteiger partial charge on any atom is -0.310 e. The fraction of sp³-hybridized carbons (Fsp3) is 0.0448. The van der Waals surface area contributed by atoms with Crippen LogP contribution >= 0.6 is 0 Å². The predicted octanol–water partition coefficient (Wildman–Crippen LogP) is 18.1. The molecule has 0 saturated carbocycles. The number of benzene rings is 11. The van der Waals surface area contributed by atoms with Gasteiger partial charge in [0.1, 0.15) is 0 Å². The molecule has 3 nitrogen and oxygen atoms in total. The van der Waals surface area contributed by atoms with Crippen molar-refractivity contribution in [3.8, 4) is 44.8 Å². The van der Waals surface area contributed by atoms with Gasteiger partial charge in [0.25, 0.3) is 0 Å². The van der Waals surface area contributed by atoms with Gasteiger partial charge in [-0.2, -0.15) is 0 Å². The molecule has 0 spiro atoms. The molecule has 2 aromatic heterocycles. The number of hydrogen-bond donors (Lipinski definition) is 0. The lowest BCUT2D eigenvalue weighted by molar-refractivity contribution is 0.660. The topological polar surface area (TPSA) is 13.1 Å². The van der Waals surface area contributed by atoms with Crippen molar-refractivity contribution in [2.45, 2.75) is 19.3 Å². The fourth-order valence-electron chi connectivity index (χ4n) is 11.7. The van der Waals surface area contributed by atoms with Gasteiger partial charge >= 0.3 is 0 Å². The highest BCUT2D eigenvalue weighted by atomic mass is 15.1. The lowest BCUT2D eigenvalue weighted by Gasteiger charge is -2.28. The molecule has 0 fully saturated rings. The summed E-state index contributed by atoms with van der Waals surface area (Å²) >= 11 is 0. The molecule has 11 aromatic carbocycles. The van der Waals surface area contributed by atoms with Gasteiger partial charge in [-0.1, -0.05) is 172 Å². The summed E-state index contributed by atoms with van der Waals surface area (Å²) in [6.07, 6.45) is 0. The van der Waals surface area contributed by atoms with Crippen LogP contribution in [0.1, 0.15) is 25.0 Å². The number of hydrogen-bond acceptors (Lipinski definition) is 1. The number of aromatic nitrogens is 2. The van der Waals surface area contributed by atoms with Gasteiger partial charge in [-0.15, -0.1) is 0 Å². The van der Waals surface area contributed by atoms with Gasteiger partial charge in [0.15, 0.2) is 0 Å². The Balaban J connectivity index is 0.873. The van der Waals surface area contributed by atoms with E-state index in [9.17, 15) is 0 Å². The van der Waals surface area contributed by atoms with Crippen molar-refractivity contribution >= 4 is 71.4 Å². The van der Waals surface area contributed by atoms with Gasteiger partial charge in [0.05, 0.1) is 22.1 Å².